The highest BCUT2D eigenvalue weighted by Crippen LogP contribution is 2.33. The van der Waals surface area contributed by atoms with Crippen molar-refractivity contribution in [2.24, 2.45) is 0 Å². The zero-order valence-electron chi connectivity index (χ0n) is 16.1. The van der Waals surface area contributed by atoms with E-state index >= 15 is 0 Å². The van der Waals surface area contributed by atoms with Gasteiger partial charge in [-0.15, -0.1) is 11.3 Å². The van der Waals surface area contributed by atoms with Gasteiger partial charge in [-0.05, 0) is 31.0 Å². The number of fused-ring (bicyclic) bond motifs is 3. The SMILES string of the molecule is CC[C@@H](C(=O)NCc1ccccc1Br)n1nc(C)c2sc3ccccc3c2c1=O. The Morgan fingerprint density at radius 3 is 2.69 bits per heavy atom. The summed E-state index contributed by atoms with van der Waals surface area (Å²) in [6.07, 6.45) is 0.474. The minimum absolute atomic E-state index is 0.212. The van der Waals surface area contributed by atoms with E-state index in [-0.39, 0.29) is 11.5 Å². The van der Waals surface area contributed by atoms with Crippen LogP contribution in [0.15, 0.2) is 57.8 Å². The van der Waals surface area contributed by atoms with Crippen molar-refractivity contribution in [3.63, 3.8) is 0 Å². The lowest BCUT2D eigenvalue weighted by molar-refractivity contribution is -0.125. The van der Waals surface area contributed by atoms with Crippen LogP contribution in [0.5, 0.6) is 0 Å². The number of nitrogens with zero attached hydrogens (tertiary/aromatic N) is 2. The van der Waals surface area contributed by atoms with E-state index < -0.39 is 6.04 Å². The summed E-state index contributed by atoms with van der Waals surface area (Å²) in [7, 11) is 0. The molecule has 2 aromatic heterocycles. The number of nitrogens with one attached hydrogen (secondary N) is 1. The number of rotatable bonds is 5. The van der Waals surface area contributed by atoms with E-state index in [1.54, 1.807) is 11.3 Å². The van der Waals surface area contributed by atoms with Gasteiger partial charge in [-0.2, -0.15) is 5.10 Å². The van der Waals surface area contributed by atoms with Crippen LogP contribution in [0, 0.1) is 6.92 Å². The molecular weight excluding hydrogens is 450 g/mol. The van der Waals surface area contributed by atoms with E-state index in [4.69, 9.17) is 0 Å². The second kappa shape index (κ2) is 8.08. The van der Waals surface area contributed by atoms with Crippen LogP contribution in [0.2, 0.25) is 0 Å². The smallest absolute Gasteiger partial charge is 0.276 e. The van der Waals surface area contributed by atoms with E-state index in [1.165, 1.54) is 4.68 Å². The van der Waals surface area contributed by atoms with Gasteiger partial charge >= 0.3 is 0 Å². The first-order valence-electron chi connectivity index (χ1n) is 9.43. The summed E-state index contributed by atoms with van der Waals surface area (Å²) in [4.78, 5) is 26.2. The van der Waals surface area contributed by atoms with E-state index in [0.717, 1.165) is 30.5 Å². The Kier molecular flexibility index (Phi) is 5.52. The maximum atomic E-state index is 13.3. The predicted octanol–water partition coefficient (Wildman–Crippen LogP) is 4.95. The van der Waals surface area contributed by atoms with E-state index in [1.807, 2.05) is 62.4 Å². The summed E-state index contributed by atoms with van der Waals surface area (Å²) >= 11 is 5.06. The van der Waals surface area contributed by atoms with Crippen LogP contribution in [0.25, 0.3) is 20.2 Å². The first-order chi connectivity index (χ1) is 14.0. The molecule has 0 unspecified atom stereocenters. The van der Waals surface area contributed by atoms with Crippen molar-refractivity contribution in [3.05, 3.63) is 74.6 Å². The molecule has 148 valence electrons. The lowest BCUT2D eigenvalue weighted by Gasteiger charge is -2.18. The number of halogens is 1. The highest BCUT2D eigenvalue weighted by Gasteiger charge is 2.24. The Morgan fingerprint density at radius 2 is 1.93 bits per heavy atom. The van der Waals surface area contributed by atoms with Crippen LogP contribution in [-0.4, -0.2) is 15.7 Å². The molecule has 2 aromatic carbocycles. The fourth-order valence-electron chi connectivity index (χ4n) is 3.50. The average Bonchev–Trinajstić information content (AvgIpc) is 3.12. The van der Waals surface area contributed by atoms with Crippen molar-refractivity contribution in [1.29, 1.82) is 0 Å². The highest BCUT2D eigenvalue weighted by atomic mass is 79.9. The van der Waals surface area contributed by atoms with E-state index in [0.29, 0.717) is 18.4 Å². The molecule has 2 heterocycles. The number of hydrogen-bond acceptors (Lipinski definition) is 4. The first-order valence-corrected chi connectivity index (χ1v) is 11.0. The predicted molar refractivity (Wildman–Crippen MR) is 121 cm³/mol. The molecule has 1 amide bonds. The van der Waals surface area contributed by atoms with Gasteiger partial charge in [0.2, 0.25) is 5.91 Å². The zero-order valence-corrected chi connectivity index (χ0v) is 18.5. The van der Waals surface area contributed by atoms with Crippen molar-refractivity contribution in [1.82, 2.24) is 15.1 Å². The van der Waals surface area contributed by atoms with Crippen molar-refractivity contribution in [2.45, 2.75) is 32.9 Å². The molecule has 5 nitrogen and oxygen atoms in total. The van der Waals surface area contributed by atoms with Gasteiger partial charge in [-0.3, -0.25) is 9.59 Å². The van der Waals surface area contributed by atoms with Crippen LogP contribution in [0.1, 0.15) is 30.6 Å². The Balaban J connectivity index is 1.72. The van der Waals surface area contributed by atoms with Gasteiger partial charge in [-0.1, -0.05) is 59.3 Å². The fraction of sp³-hybridized carbons (Fsp3) is 0.227. The largest absolute Gasteiger partial charge is 0.350 e. The van der Waals surface area contributed by atoms with Crippen molar-refractivity contribution in [3.8, 4) is 0 Å². The van der Waals surface area contributed by atoms with Crippen LogP contribution < -0.4 is 10.9 Å². The molecule has 4 aromatic rings. The Bertz CT molecular complexity index is 1280. The van der Waals surface area contributed by atoms with Gasteiger partial charge in [0.15, 0.2) is 0 Å². The second-order valence-corrected chi connectivity index (χ2v) is 8.78. The third-order valence-corrected chi connectivity index (χ3v) is 7.05. The van der Waals surface area contributed by atoms with Crippen molar-refractivity contribution < 1.29 is 4.79 Å². The summed E-state index contributed by atoms with van der Waals surface area (Å²) < 4.78 is 4.22. The van der Waals surface area contributed by atoms with Gasteiger partial charge in [0.25, 0.3) is 5.56 Å². The molecule has 0 radical (unpaired) electrons. The maximum absolute atomic E-state index is 13.3. The normalized spacial score (nSPS) is 12.4. The average molecular weight is 470 g/mol. The van der Waals surface area contributed by atoms with Crippen LogP contribution in [0.3, 0.4) is 0 Å². The summed E-state index contributed by atoms with van der Waals surface area (Å²) in [6, 6.07) is 14.9. The van der Waals surface area contributed by atoms with Gasteiger partial charge < -0.3 is 5.32 Å². The molecule has 7 heteroatoms. The summed E-state index contributed by atoms with van der Waals surface area (Å²) in [5.41, 5.74) is 1.52. The fourth-order valence-corrected chi connectivity index (χ4v) is 5.06. The van der Waals surface area contributed by atoms with Crippen LogP contribution >= 0.6 is 27.3 Å². The molecular formula is C22H20BrN3O2S. The molecule has 0 spiro atoms. The van der Waals surface area contributed by atoms with E-state index in [9.17, 15) is 9.59 Å². The Hall–Kier alpha value is -2.51. The topological polar surface area (TPSA) is 64.0 Å². The van der Waals surface area contributed by atoms with Gasteiger partial charge in [-0.25, -0.2) is 4.68 Å². The Morgan fingerprint density at radius 1 is 1.21 bits per heavy atom. The van der Waals surface area contributed by atoms with Crippen molar-refractivity contribution in [2.75, 3.05) is 0 Å². The lowest BCUT2D eigenvalue weighted by atomic mass is 10.1. The molecule has 0 bridgehead atoms. The number of thiophene rings is 1. The molecule has 0 aliphatic heterocycles. The first kappa shape index (κ1) is 19.8. The third-order valence-electron chi connectivity index (χ3n) is 5.00. The second-order valence-electron chi connectivity index (χ2n) is 6.87. The number of aryl methyl sites for hydroxylation is 1. The molecule has 1 atom stereocenters. The summed E-state index contributed by atoms with van der Waals surface area (Å²) in [5, 5.41) is 9.02. The molecule has 0 aliphatic carbocycles. The summed E-state index contributed by atoms with van der Waals surface area (Å²) in [6.45, 7) is 4.16. The standard InChI is InChI=1S/C22H20BrN3O2S/c1-3-17(21(27)24-12-14-8-4-6-10-16(14)23)26-22(28)19-15-9-5-7-11-18(15)29-20(19)13(2)25-26/h4-11,17H,3,12H2,1-2H3,(H,24,27)/t17-/m0/s1. The van der Waals surface area contributed by atoms with Gasteiger partial charge in [0.05, 0.1) is 15.8 Å². The molecule has 1 N–H and O–H groups in total. The molecule has 0 saturated heterocycles. The Labute approximate surface area is 180 Å². The lowest BCUT2D eigenvalue weighted by Crippen LogP contribution is -2.38. The van der Waals surface area contributed by atoms with E-state index in [2.05, 4.69) is 26.3 Å². The minimum Gasteiger partial charge on any atom is -0.350 e. The van der Waals surface area contributed by atoms with Crippen LogP contribution in [-0.2, 0) is 11.3 Å². The van der Waals surface area contributed by atoms with Gasteiger partial charge in [0.1, 0.15) is 6.04 Å². The molecule has 0 saturated carbocycles. The molecule has 4 rings (SSSR count). The van der Waals surface area contributed by atoms with Crippen molar-refractivity contribution >= 4 is 53.3 Å². The number of benzene rings is 2. The third kappa shape index (κ3) is 3.60. The van der Waals surface area contributed by atoms with Crippen LogP contribution in [0.4, 0.5) is 0 Å². The number of carbonyl (C=O) groups excluding carboxylic acids is 1. The number of aromatic nitrogens is 2. The number of amides is 1. The minimum atomic E-state index is -0.660. The molecule has 0 aliphatic rings. The molecule has 29 heavy (non-hydrogen) atoms. The summed E-state index contributed by atoms with van der Waals surface area (Å²) in [5.74, 6) is -0.212. The zero-order chi connectivity index (χ0) is 20.5. The maximum Gasteiger partial charge on any atom is 0.276 e. The highest BCUT2D eigenvalue weighted by molar-refractivity contribution is 9.10. The molecule has 0 fully saturated rings. The quantitative estimate of drug-likeness (QED) is 0.449. The monoisotopic (exact) mass is 469 g/mol. The number of carbonyl (C=O) groups is 1. The number of hydrogen-bond donors (Lipinski definition) is 1. The van der Waals surface area contributed by atoms with Gasteiger partial charge in [0, 0.05) is 21.1 Å².